The van der Waals surface area contributed by atoms with E-state index in [0.29, 0.717) is 5.69 Å². The first kappa shape index (κ1) is 15.8. The van der Waals surface area contributed by atoms with Gasteiger partial charge in [-0.3, -0.25) is 14.7 Å². The Kier molecular flexibility index (Phi) is 4.19. The summed E-state index contributed by atoms with van der Waals surface area (Å²) < 4.78 is 1.77. The van der Waals surface area contributed by atoms with Gasteiger partial charge in [-0.2, -0.15) is 0 Å². The van der Waals surface area contributed by atoms with E-state index in [4.69, 9.17) is 0 Å². The minimum Gasteiger partial charge on any atom is -0.335 e. The number of amides is 1. The summed E-state index contributed by atoms with van der Waals surface area (Å²) in [6.07, 6.45) is 5.14. The second-order valence-corrected chi connectivity index (χ2v) is 6.45. The van der Waals surface area contributed by atoms with E-state index in [2.05, 4.69) is 39.1 Å². The number of fused-ring (bicyclic) bond motifs is 1. The number of imidazole rings is 1. The summed E-state index contributed by atoms with van der Waals surface area (Å²) in [4.78, 5) is 25.4. The Morgan fingerprint density at radius 3 is 2.68 bits per heavy atom. The van der Waals surface area contributed by atoms with Crippen molar-refractivity contribution in [2.24, 2.45) is 7.05 Å². The monoisotopic (exact) mass is 335 g/mol. The molecule has 0 bridgehead atoms. The lowest BCUT2D eigenvalue weighted by atomic mass is 10.1. The number of aryl methyl sites for hydroxylation is 1. The van der Waals surface area contributed by atoms with E-state index in [1.165, 1.54) is 10.9 Å². The summed E-state index contributed by atoms with van der Waals surface area (Å²) >= 11 is 0. The van der Waals surface area contributed by atoms with Crippen LogP contribution in [0.5, 0.6) is 0 Å². The highest BCUT2D eigenvalue weighted by molar-refractivity contribution is 5.92. The molecule has 1 saturated heterocycles. The van der Waals surface area contributed by atoms with Gasteiger partial charge in [-0.25, -0.2) is 4.98 Å². The van der Waals surface area contributed by atoms with Crippen LogP contribution >= 0.6 is 0 Å². The van der Waals surface area contributed by atoms with E-state index in [9.17, 15) is 4.79 Å². The first-order chi connectivity index (χ1) is 12.2. The van der Waals surface area contributed by atoms with Gasteiger partial charge in [-0.1, -0.05) is 24.3 Å². The molecule has 0 aliphatic carbocycles. The molecule has 25 heavy (non-hydrogen) atoms. The van der Waals surface area contributed by atoms with Crippen molar-refractivity contribution in [2.45, 2.75) is 6.54 Å². The highest BCUT2D eigenvalue weighted by atomic mass is 16.2. The SMILES string of the molecule is Cn1cncc1C(=O)N1CCN(Cc2cccc3cccnc23)CC1. The van der Waals surface area contributed by atoms with Crippen molar-refractivity contribution >= 4 is 16.8 Å². The average Bonchev–Trinajstić information content (AvgIpc) is 3.08. The molecule has 3 heterocycles. The van der Waals surface area contributed by atoms with Crippen molar-refractivity contribution in [3.05, 3.63) is 60.3 Å². The van der Waals surface area contributed by atoms with Crippen molar-refractivity contribution in [3.63, 3.8) is 0 Å². The third-order valence-corrected chi connectivity index (χ3v) is 4.81. The van der Waals surface area contributed by atoms with Gasteiger partial charge in [0.25, 0.3) is 5.91 Å². The number of nitrogens with zero attached hydrogens (tertiary/aromatic N) is 5. The second kappa shape index (κ2) is 6.64. The third kappa shape index (κ3) is 3.13. The molecule has 0 N–H and O–H groups in total. The van der Waals surface area contributed by atoms with Gasteiger partial charge in [0, 0.05) is 51.4 Å². The maximum atomic E-state index is 12.6. The normalized spacial score (nSPS) is 15.6. The van der Waals surface area contributed by atoms with Crippen LogP contribution in [0.2, 0.25) is 0 Å². The van der Waals surface area contributed by atoms with E-state index < -0.39 is 0 Å². The zero-order chi connectivity index (χ0) is 17.2. The first-order valence-electron chi connectivity index (χ1n) is 8.53. The van der Waals surface area contributed by atoms with Crippen molar-refractivity contribution in [1.82, 2.24) is 24.3 Å². The van der Waals surface area contributed by atoms with Crippen LogP contribution in [0.15, 0.2) is 49.1 Å². The lowest BCUT2D eigenvalue weighted by Gasteiger charge is -2.34. The summed E-state index contributed by atoms with van der Waals surface area (Å²) in [5.41, 5.74) is 2.95. The molecule has 1 aliphatic rings. The van der Waals surface area contributed by atoms with Crippen LogP contribution in [0, 0.1) is 0 Å². The van der Waals surface area contributed by atoms with Gasteiger partial charge < -0.3 is 9.47 Å². The third-order valence-electron chi connectivity index (χ3n) is 4.81. The van der Waals surface area contributed by atoms with Crippen molar-refractivity contribution in [2.75, 3.05) is 26.2 Å². The molecule has 1 amide bonds. The molecular formula is C19H21N5O. The fourth-order valence-corrected chi connectivity index (χ4v) is 3.37. The minimum atomic E-state index is 0.0616. The van der Waals surface area contributed by atoms with Gasteiger partial charge >= 0.3 is 0 Å². The predicted molar refractivity (Wildman–Crippen MR) is 96.1 cm³/mol. The number of carbonyl (C=O) groups is 1. The Balaban J connectivity index is 1.42. The summed E-state index contributed by atoms with van der Waals surface area (Å²) in [6, 6.07) is 10.4. The van der Waals surface area contributed by atoms with E-state index in [1.54, 1.807) is 17.1 Å². The average molecular weight is 335 g/mol. The van der Waals surface area contributed by atoms with Crippen molar-refractivity contribution in [1.29, 1.82) is 0 Å². The Morgan fingerprint density at radius 1 is 1.12 bits per heavy atom. The molecule has 128 valence electrons. The molecule has 0 saturated carbocycles. The van der Waals surface area contributed by atoms with Crippen molar-refractivity contribution in [3.8, 4) is 0 Å². The summed E-state index contributed by atoms with van der Waals surface area (Å²) in [6.45, 7) is 4.08. The molecule has 4 rings (SSSR count). The Morgan fingerprint density at radius 2 is 1.92 bits per heavy atom. The molecular weight excluding hydrogens is 314 g/mol. The predicted octanol–water partition coefficient (Wildman–Crippen LogP) is 1.93. The summed E-state index contributed by atoms with van der Waals surface area (Å²) in [7, 11) is 1.85. The number of rotatable bonds is 3. The minimum absolute atomic E-state index is 0.0616. The van der Waals surface area contributed by atoms with Gasteiger partial charge in [0.1, 0.15) is 5.69 Å². The first-order valence-corrected chi connectivity index (χ1v) is 8.53. The molecule has 1 aliphatic heterocycles. The molecule has 3 aromatic rings. The fourth-order valence-electron chi connectivity index (χ4n) is 3.37. The van der Waals surface area contributed by atoms with Gasteiger partial charge in [0.05, 0.1) is 18.0 Å². The van der Waals surface area contributed by atoms with Crippen LogP contribution in [0.1, 0.15) is 16.1 Å². The number of hydrogen-bond donors (Lipinski definition) is 0. The molecule has 6 heteroatoms. The zero-order valence-electron chi connectivity index (χ0n) is 14.3. The highest BCUT2D eigenvalue weighted by Gasteiger charge is 2.24. The number of hydrogen-bond acceptors (Lipinski definition) is 4. The molecule has 0 unspecified atom stereocenters. The molecule has 0 spiro atoms. The maximum Gasteiger partial charge on any atom is 0.272 e. The zero-order valence-corrected chi connectivity index (χ0v) is 14.3. The molecule has 0 atom stereocenters. The van der Waals surface area contributed by atoms with Crippen molar-refractivity contribution < 1.29 is 4.79 Å². The lowest BCUT2D eigenvalue weighted by molar-refractivity contribution is 0.0619. The van der Waals surface area contributed by atoms with Gasteiger partial charge in [-0.05, 0) is 11.6 Å². The van der Waals surface area contributed by atoms with Gasteiger partial charge in [0.2, 0.25) is 0 Å². The number of piperazine rings is 1. The summed E-state index contributed by atoms with van der Waals surface area (Å²) in [5.74, 6) is 0.0616. The number of aromatic nitrogens is 3. The van der Waals surface area contributed by atoms with Gasteiger partial charge in [-0.15, -0.1) is 0 Å². The second-order valence-electron chi connectivity index (χ2n) is 6.45. The topological polar surface area (TPSA) is 54.3 Å². The molecule has 6 nitrogen and oxygen atoms in total. The van der Waals surface area contributed by atoms with E-state index >= 15 is 0 Å². The van der Waals surface area contributed by atoms with E-state index in [1.807, 2.05) is 24.2 Å². The van der Waals surface area contributed by atoms with Crippen LogP contribution in [0.3, 0.4) is 0 Å². The standard InChI is InChI=1S/C19H21N5O/c1-22-14-20-12-17(22)19(25)24-10-8-23(9-11-24)13-16-5-2-4-15-6-3-7-21-18(15)16/h2-7,12,14H,8-11,13H2,1H3. The number of para-hydroxylation sites is 1. The maximum absolute atomic E-state index is 12.6. The molecule has 2 aromatic heterocycles. The Bertz CT molecular complexity index is 890. The Labute approximate surface area is 146 Å². The summed E-state index contributed by atoms with van der Waals surface area (Å²) in [5, 5.41) is 1.17. The molecule has 1 fully saturated rings. The van der Waals surface area contributed by atoms with Crippen LogP contribution in [0.4, 0.5) is 0 Å². The van der Waals surface area contributed by atoms with Crippen LogP contribution in [0.25, 0.3) is 10.9 Å². The highest BCUT2D eigenvalue weighted by Crippen LogP contribution is 2.18. The fraction of sp³-hybridized carbons (Fsp3) is 0.316. The lowest BCUT2D eigenvalue weighted by Crippen LogP contribution is -2.48. The van der Waals surface area contributed by atoms with E-state index in [-0.39, 0.29) is 5.91 Å². The van der Waals surface area contributed by atoms with Crippen LogP contribution in [-0.2, 0) is 13.6 Å². The Hall–Kier alpha value is -2.73. The quantitative estimate of drug-likeness (QED) is 0.734. The van der Waals surface area contributed by atoms with E-state index in [0.717, 1.165) is 38.2 Å². The smallest absolute Gasteiger partial charge is 0.272 e. The van der Waals surface area contributed by atoms with Crippen LogP contribution in [-0.4, -0.2) is 56.4 Å². The number of carbonyl (C=O) groups excluding carboxylic acids is 1. The molecule has 0 radical (unpaired) electrons. The number of pyridine rings is 1. The number of benzene rings is 1. The van der Waals surface area contributed by atoms with Crippen LogP contribution < -0.4 is 0 Å². The molecule has 1 aromatic carbocycles. The largest absolute Gasteiger partial charge is 0.335 e. The van der Waals surface area contributed by atoms with Gasteiger partial charge in [0.15, 0.2) is 0 Å².